The predicted molar refractivity (Wildman–Crippen MR) is 228 cm³/mol. The number of carboxylic acid groups (broad SMARTS) is 2. The maximum Gasteiger partial charge on any atom is 0.328 e. The van der Waals surface area contributed by atoms with E-state index in [1.807, 2.05) is 0 Å². The van der Waals surface area contributed by atoms with Gasteiger partial charge in [-0.05, 0) is 48.7 Å². The molecule has 21 nitrogen and oxygen atoms in total. The molecule has 0 spiro atoms. The highest BCUT2D eigenvalue weighted by atomic mass is 16.4. The van der Waals surface area contributed by atoms with E-state index in [0.717, 1.165) is 0 Å². The first-order valence-corrected chi connectivity index (χ1v) is 20.0. The molecule has 1 heterocycles. The normalized spacial score (nSPS) is 14.8. The Hall–Kier alpha value is -7.36. The zero-order chi connectivity index (χ0) is 47.1. The van der Waals surface area contributed by atoms with Crippen LogP contribution in [0.25, 0.3) is 10.9 Å². The zero-order valence-electron chi connectivity index (χ0n) is 34.8. The zero-order valence-corrected chi connectivity index (χ0v) is 34.8. The van der Waals surface area contributed by atoms with E-state index in [9.17, 15) is 63.9 Å². The molecule has 0 saturated heterocycles. The first kappa shape index (κ1) is 49.3. The number of aromatic nitrogens is 1. The molecule has 14 N–H and O–H groups in total. The molecule has 4 aromatic rings. The van der Waals surface area contributed by atoms with E-state index in [1.165, 1.54) is 38.1 Å². The molecule has 0 aliphatic carbocycles. The van der Waals surface area contributed by atoms with Gasteiger partial charge >= 0.3 is 11.9 Å². The van der Waals surface area contributed by atoms with Crippen molar-refractivity contribution < 1.29 is 63.9 Å². The van der Waals surface area contributed by atoms with Crippen molar-refractivity contribution in [2.24, 2.45) is 5.73 Å². The number of nitrogens with two attached hydrogens (primary N) is 1. The average Bonchev–Trinajstić information content (AvgIpc) is 3.67. The van der Waals surface area contributed by atoms with Crippen LogP contribution in [-0.4, -0.2) is 133 Å². The Morgan fingerprint density at radius 2 is 1.08 bits per heavy atom. The number of para-hydroxylation sites is 1. The second-order valence-electron chi connectivity index (χ2n) is 15.0. The lowest BCUT2D eigenvalue weighted by Gasteiger charge is -2.26. The Morgan fingerprint density at radius 3 is 1.64 bits per heavy atom. The van der Waals surface area contributed by atoms with Gasteiger partial charge in [-0.15, -0.1) is 0 Å². The van der Waals surface area contributed by atoms with Crippen molar-refractivity contribution in [1.82, 2.24) is 36.9 Å². The maximum absolute atomic E-state index is 14.0. The number of fused-ring (bicyclic) bond motifs is 1. The molecule has 64 heavy (non-hydrogen) atoms. The Labute approximate surface area is 366 Å². The van der Waals surface area contributed by atoms with E-state index in [0.29, 0.717) is 27.6 Å². The average molecular weight is 889 g/mol. The molecule has 0 unspecified atom stereocenters. The lowest BCUT2D eigenvalue weighted by Crippen LogP contribution is -2.60. The Morgan fingerprint density at radius 1 is 0.594 bits per heavy atom. The van der Waals surface area contributed by atoms with Gasteiger partial charge in [-0.25, -0.2) is 4.79 Å². The smallest absolute Gasteiger partial charge is 0.328 e. The van der Waals surface area contributed by atoms with Crippen molar-refractivity contribution in [1.29, 1.82) is 0 Å². The quantitative estimate of drug-likeness (QED) is 0.0387. The fourth-order valence-corrected chi connectivity index (χ4v) is 6.42. The van der Waals surface area contributed by atoms with Gasteiger partial charge in [-0.2, -0.15) is 0 Å². The maximum atomic E-state index is 14.0. The molecule has 342 valence electrons. The van der Waals surface area contributed by atoms with Crippen LogP contribution in [0.4, 0.5) is 0 Å². The number of hydrogen-bond donors (Lipinski definition) is 13. The topological polar surface area (TPSA) is 352 Å². The van der Waals surface area contributed by atoms with E-state index >= 15 is 0 Å². The lowest BCUT2D eigenvalue weighted by atomic mass is 10.0. The van der Waals surface area contributed by atoms with Crippen molar-refractivity contribution in [3.63, 3.8) is 0 Å². The van der Waals surface area contributed by atoms with E-state index < -0.39 is 109 Å². The second kappa shape index (κ2) is 23.2. The Kier molecular flexibility index (Phi) is 17.9. The number of aromatic amines is 1. The fraction of sp³-hybridized carbons (Fsp3) is 0.349. The van der Waals surface area contributed by atoms with E-state index in [4.69, 9.17) is 5.73 Å². The van der Waals surface area contributed by atoms with Gasteiger partial charge in [0.2, 0.25) is 35.4 Å². The van der Waals surface area contributed by atoms with Crippen LogP contribution in [0.15, 0.2) is 85.1 Å². The van der Waals surface area contributed by atoms with Crippen molar-refractivity contribution in [3.05, 3.63) is 102 Å². The van der Waals surface area contributed by atoms with E-state index in [-0.39, 0.29) is 25.0 Å². The Balaban J connectivity index is 1.60. The van der Waals surface area contributed by atoms with Crippen LogP contribution in [0.2, 0.25) is 0 Å². The van der Waals surface area contributed by atoms with Crippen molar-refractivity contribution in [2.75, 3.05) is 6.61 Å². The number of phenols is 1. The molecule has 6 amide bonds. The molecule has 0 aliphatic rings. The molecule has 0 radical (unpaired) electrons. The van der Waals surface area contributed by atoms with Crippen molar-refractivity contribution in [2.45, 2.75) is 87.9 Å². The molecule has 0 saturated carbocycles. The first-order valence-electron chi connectivity index (χ1n) is 20.0. The largest absolute Gasteiger partial charge is 0.508 e. The molecule has 1 aromatic heterocycles. The number of amides is 6. The van der Waals surface area contributed by atoms with Gasteiger partial charge in [0.25, 0.3) is 0 Å². The number of nitrogens with one attached hydrogen (secondary N) is 7. The minimum absolute atomic E-state index is 0.0872. The van der Waals surface area contributed by atoms with Crippen LogP contribution in [0, 0.1) is 0 Å². The Bertz CT molecular complexity index is 2290. The lowest BCUT2D eigenvalue weighted by molar-refractivity contribution is -0.143. The van der Waals surface area contributed by atoms with Crippen LogP contribution in [0.3, 0.4) is 0 Å². The summed E-state index contributed by atoms with van der Waals surface area (Å²) in [6, 6.07) is 10.4. The molecule has 0 aliphatic heterocycles. The number of H-pyrrole nitrogens is 1. The number of carbonyl (C=O) groups excluding carboxylic acids is 6. The number of aliphatic carboxylic acids is 2. The fourth-order valence-electron chi connectivity index (χ4n) is 6.42. The van der Waals surface area contributed by atoms with Gasteiger partial charge in [0.05, 0.1) is 19.1 Å². The van der Waals surface area contributed by atoms with Gasteiger partial charge in [0, 0.05) is 36.4 Å². The van der Waals surface area contributed by atoms with Crippen molar-refractivity contribution in [3.8, 4) is 5.75 Å². The summed E-state index contributed by atoms with van der Waals surface area (Å²) in [5.41, 5.74) is 7.94. The summed E-state index contributed by atoms with van der Waals surface area (Å²) >= 11 is 0. The first-order chi connectivity index (χ1) is 30.4. The van der Waals surface area contributed by atoms with Crippen LogP contribution in [0.1, 0.15) is 37.0 Å². The molecule has 3 aromatic carbocycles. The highest BCUT2D eigenvalue weighted by Crippen LogP contribution is 2.20. The highest BCUT2D eigenvalue weighted by Gasteiger charge is 2.34. The monoisotopic (exact) mass is 888 g/mol. The number of aliphatic hydroxyl groups excluding tert-OH is 2. The van der Waals surface area contributed by atoms with Gasteiger partial charge in [-0.3, -0.25) is 33.6 Å². The summed E-state index contributed by atoms with van der Waals surface area (Å²) in [4.78, 5) is 108. The standard InChI is InChI=1S/C43H52N8O13/c1-22(46-38(58)32(18-26-20-45-29-11-7-6-10-28(26)29)49-41(61)33(19-35(55)56)50-42(62)36(44)23(2)53)37(57)47-30(17-25-12-14-27(54)15-13-25)39(59)48-31(16-24-8-4-3-5-9-24)40(60)51-34(21-52)43(63)64/h3-15,20,22-23,30-34,36,45,52-54H,16-19,21,44H2,1-2H3,(H,46,58)(H,47,57)(H,48,59)(H,49,61)(H,50,62)(H,51,60)(H,55,56)(H,63,64)/t22-,23+,30-,31-,32-,33-,34-,36-/m0/s1. The highest BCUT2D eigenvalue weighted by molar-refractivity contribution is 5.98. The predicted octanol–water partition coefficient (Wildman–Crippen LogP) is -1.91. The van der Waals surface area contributed by atoms with E-state index in [1.54, 1.807) is 60.8 Å². The molecule has 4 rings (SSSR count). The number of carboxylic acids is 2. The number of aliphatic hydroxyl groups is 2. The molecule has 21 heteroatoms. The molecular weight excluding hydrogens is 837 g/mol. The van der Waals surface area contributed by atoms with Gasteiger partial charge in [-0.1, -0.05) is 60.7 Å². The summed E-state index contributed by atoms with van der Waals surface area (Å²) < 4.78 is 0. The van der Waals surface area contributed by atoms with Crippen LogP contribution < -0.4 is 37.6 Å². The third kappa shape index (κ3) is 14.4. The van der Waals surface area contributed by atoms with Gasteiger partial charge < -0.3 is 68.2 Å². The minimum atomic E-state index is -1.75. The molecule has 0 bridgehead atoms. The van der Waals surface area contributed by atoms with Crippen LogP contribution >= 0.6 is 0 Å². The second-order valence-corrected chi connectivity index (χ2v) is 15.0. The number of carbonyl (C=O) groups is 8. The molecule has 0 fully saturated rings. The number of phenolic OH excluding ortho intramolecular Hbond substituents is 1. The van der Waals surface area contributed by atoms with Gasteiger partial charge in [0.1, 0.15) is 48.0 Å². The molecule has 8 atom stereocenters. The third-order valence-electron chi connectivity index (χ3n) is 10.0. The molecular formula is C43H52N8O13. The number of hydrogen-bond acceptors (Lipinski definition) is 12. The van der Waals surface area contributed by atoms with Gasteiger partial charge in [0.15, 0.2) is 0 Å². The van der Waals surface area contributed by atoms with Crippen LogP contribution in [0.5, 0.6) is 5.75 Å². The van der Waals surface area contributed by atoms with Crippen LogP contribution in [-0.2, 0) is 57.6 Å². The summed E-state index contributed by atoms with van der Waals surface area (Å²) in [7, 11) is 0. The number of benzene rings is 3. The third-order valence-corrected chi connectivity index (χ3v) is 10.0. The van der Waals surface area contributed by atoms with Crippen molar-refractivity contribution >= 4 is 58.3 Å². The van der Waals surface area contributed by atoms with E-state index in [2.05, 4.69) is 36.9 Å². The summed E-state index contributed by atoms with van der Waals surface area (Å²) in [6.07, 6.45) is -1.23. The summed E-state index contributed by atoms with van der Waals surface area (Å²) in [6.45, 7) is 1.56. The SMILES string of the molecule is C[C@H](NC(=O)[C@H](Cc1c[nH]c2ccccc12)NC(=O)[C@H](CC(=O)O)NC(=O)[C@@H](N)[C@@H](C)O)C(=O)N[C@@H](Cc1ccc(O)cc1)C(=O)N[C@@H](Cc1ccccc1)C(=O)N[C@@H](CO)C(=O)O. The minimum Gasteiger partial charge on any atom is -0.508 e. The summed E-state index contributed by atoms with van der Waals surface area (Å²) in [5.74, 6) is -8.93. The summed E-state index contributed by atoms with van der Waals surface area (Å²) in [5, 5.41) is 63.3. The number of aromatic hydroxyl groups is 1. The number of rotatable bonds is 23.